The van der Waals surface area contributed by atoms with Gasteiger partial charge in [0, 0.05) is 36.3 Å². The number of phenols is 1. The Hall–Kier alpha value is -2.24. The van der Waals surface area contributed by atoms with Gasteiger partial charge in [-0.15, -0.1) is 0 Å². The zero-order valence-corrected chi connectivity index (χ0v) is 19.2. The van der Waals surface area contributed by atoms with E-state index in [4.69, 9.17) is 16.3 Å². The van der Waals surface area contributed by atoms with Crippen molar-refractivity contribution in [2.24, 2.45) is 0 Å². The largest absolute Gasteiger partial charge is 0.504 e. The van der Waals surface area contributed by atoms with Gasteiger partial charge in [-0.25, -0.2) is 0 Å². The van der Waals surface area contributed by atoms with E-state index < -0.39 is 0 Å². The molecule has 0 aromatic heterocycles. The molecule has 5 nitrogen and oxygen atoms in total. The Balaban J connectivity index is 1.49. The third kappa shape index (κ3) is 4.53. The normalized spacial score (nSPS) is 24.4. The first-order valence-corrected chi connectivity index (χ1v) is 11.5. The van der Waals surface area contributed by atoms with Crippen molar-refractivity contribution in [2.75, 3.05) is 11.4 Å². The average molecular weight is 443 g/mol. The van der Waals surface area contributed by atoms with Crippen LogP contribution in [0.3, 0.4) is 0 Å². The van der Waals surface area contributed by atoms with Crippen molar-refractivity contribution in [2.45, 2.75) is 70.7 Å². The summed E-state index contributed by atoms with van der Waals surface area (Å²) in [5.41, 5.74) is 1.94. The number of halogens is 1. The second-order valence-corrected chi connectivity index (χ2v) is 9.61. The molecule has 0 bridgehead atoms. The summed E-state index contributed by atoms with van der Waals surface area (Å²) in [7, 11) is 0. The Bertz CT molecular complexity index is 946. The average Bonchev–Trinajstić information content (AvgIpc) is 3.03. The van der Waals surface area contributed by atoms with Crippen LogP contribution in [0, 0.1) is 0 Å². The van der Waals surface area contributed by atoms with Crippen molar-refractivity contribution in [3.63, 3.8) is 0 Å². The maximum absolute atomic E-state index is 12.8. The van der Waals surface area contributed by atoms with Crippen LogP contribution in [0.25, 0.3) is 0 Å². The fraction of sp³-hybridized carbons (Fsp3) is 0.480. The molecule has 2 aromatic carbocycles. The molecule has 6 heteroatoms. The Morgan fingerprint density at radius 3 is 2.61 bits per heavy atom. The highest BCUT2D eigenvalue weighted by atomic mass is 35.5. The van der Waals surface area contributed by atoms with E-state index >= 15 is 0 Å². The predicted molar refractivity (Wildman–Crippen MR) is 124 cm³/mol. The van der Waals surface area contributed by atoms with E-state index in [2.05, 4.69) is 11.8 Å². The van der Waals surface area contributed by atoms with Gasteiger partial charge in [0.05, 0.1) is 11.6 Å². The molecule has 1 N–H and O–H groups in total. The lowest BCUT2D eigenvalue weighted by atomic mass is 9.81. The molecular formula is C25H31ClN2O3. The van der Waals surface area contributed by atoms with Gasteiger partial charge in [-0.05, 0) is 82.0 Å². The second-order valence-electron chi connectivity index (χ2n) is 9.17. The smallest absolute Gasteiger partial charge is 0.227 e. The van der Waals surface area contributed by atoms with Gasteiger partial charge in [-0.1, -0.05) is 17.7 Å². The number of phenolic OH excluding ortho intramolecular Hbond substituents is 1. The summed E-state index contributed by atoms with van der Waals surface area (Å²) < 4.78 is 5.74. The van der Waals surface area contributed by atoms with E-state index in [1.54, 1.807) is 6.07 Å². The molecule has 166 valence electrons. The highest BCUT2D eigenvalue weighted by Crippen LogP contribution is 2.44. The minimum atomic E-state index is -0.123. The van der Waals surface area contributed by atoms with Crippen molar-refractivity contribution >= 4 is 23.2 Å². The third-order valence-corrected chi connectivity index (χ3v) is 6.80. The molecule has 2 atom stereocenters. The predicted octanol–water partition coefficient (Wildman–Crippen LogP) is 5.38. The number of carbonyl (C=O) groups is 1. The standard InChI is InChI=1S/C25H31ClN2O3/c1-17(2)31-23-14-19(4-9-22(23)29)16-27-13-12-25(15-18(27)3)11-10-24(30)28(25)21-7-5-20(26)6-8-21/h4-9,14,17-18,29H,10-13,15-16H2,1-3H3/t18-,25+/m0/s1. The van der Waals surface area contributed by atoms with E-state index in [-0.39, 0.29) is 23.3 Å². The van der Waals surface area contributed by atoms with Crippen molar-refractivity contribution in [1.29, 1.82) is 0 Å². The number of hydrogen-bond acceptors (Lipinski definition) is 4. The topological polar surface area (TPSA) is 53.0 Å². The summed E-state index contributed by atoms with van der Waals surface area (Å²) in [5.74, 6) is 0.909. The molecule has 0 radical (unpaired) electrons. The van der Waals surface area contributed by atoms with Crippen LogP contribution in [0.1, 0.15) is 52.0 Å². The Morgan fingerprint density at radius 2 is 1.94 bits per heavy atom. The quantitative estimate of drug-likeness (QED) is 0.675. The van der Waals surface area contributed by atoms with Crippen LogP contribution in [0.5, 0.6) is 11.5 Å². The molecular weight excluding hydrogens is 412 g/mol. The van der Waals surface area contributed by atoms with Gasteiger partial charge < -0.3 is 14.7 Å². The maximum Gasteiger partial charge on any atom is 0.227 e. The molecule has 2 aromatic rings. The highest BCUT2D eigenvalue weighted by molar-refractivity contribution is 6.30. The van der Waals surface area contributed by atoms with Gasteiger partial charge >= 0.3 is 0 Å². The molecule has 2 heterocycles. The molecule has 2 fully saturated rings. The van der Waals surface area contributed by atoms with Crippen LogP contribution >= 0.6 is 11.6 Å². The third-order valence-electron chi connectivity index (χ3n) is 6.55. The van der Waals surface area contributed by atoms with Gasteiger partial charge in [0.2, 0.25) is 5.91 Å². The molecule has 1 amide bonds. The monoisotopic (exact) mass is 442 g/mol. The summed E-state index contributed by atoms with van der Waals surface area (Å²) in [5, 5.41) is 10.8. The molecule has 4 rings (SSSR count). The molecule has 2 aliphatic heterocycles. The lowest BCUT2D eigenvalue weighted by Gasteiger charge is -2.48. The first kappa shape index (κ1) is 22.0. The van der Waals surface area contributed by atoms with Crippen LogP contribution < -0.4 is 9.64 Å². The number of ether oxygens (including phenoxy) is 1. The zero-order valence-electron chi connectivity index (χ0n) is 18.5. The first-order chi connectivity index (χ1) is 14.8. The number of rotatable bonds is 5. The molecule has 31 heavy (non-hydrogen) atoms. The Labute approximate surface area is 189 Å². The van der Waals surface area contributed by atoms with Gasteiger partial charge in [-0.2, -0.15) is 0 Å². The van der Waals surface area contributed by atoms with Crippen molar-refractivity contribution in [3.8, 4) is 11.5 Å². The Morgan fingerprint density at radius 1 is 1.19 bits per heavy atom. The highest BCUT2D eigenvalue weighted by Gasteiger charge is 2.49. The summed E-state index contributed by atoms with van der Waals surface area (Å²) in [6.07, 6.45) is 3.39. The van der Waals surface area contributed by atoms with Crippen LogP contribution in [0.15, 0.2) is 42.5 Å². The lowest BCUT2D eigenvalue weighted by Crippen LogP contribution is -2.56. The number of carbonyl (C=O) groups excluding carboxylic acids is 1. The number of benzene rings is 2. The molecule has 0 saturated carbocycles. The zero-order chi connectivity index (χ0) is 22.2. The first-order valence-electron chi connectivity index (χ1n) is 11.1. The minimum absolute atomic E-state index is 0.00803. The minimum Gasteiger partial charge on any atom is -0.504 e. The number of amides is 1. The Kier molecular flexibility index (Phi) is 6.18. The fourth-order valence-electron chi connectivity index (χ4n) is 5.09. The van der Waals surface area contributed by atoms with Gasteiger partial charge in [-0.3, -0.25) is 9.69 Å². The maximum atomic E-state index is 12.8. The van der Waals surface area contributed by atoms with Crippen molar-refractivity contribution in [3.05, 3.63) is 53.1 Å². The number of aromatic hydroxyl groups is 1. The van der Waals surface area contributed by atoms with Gasteiger partial charge in [0.25, 0.3) is 0 Å². The lowest BCUT2D eigenvalue weighted by molar-refractivity contribution is -0.117. The fourth-order valence-corrected chi connectivity index (χ4v) is 5.22. The SMILES string of the molecule is CC(C)Oc1cc(CN2CC[C@]3(CCC(=O)N3c3ccc(Cl)cc3)C[C@@H]2C)ccc1O. The van der Waals surface area contributed by atoms with E-state index in [0.717, 1.165) is 43.6 Å². The van der Waals surface area contributed by atoms with Crippen LogP contribution in [0.2, 0.25) is 5.02 Å². The van der Waals surface area contributed by atoms with E-state index in [1.807, 2.05) is 55.1 Å². The van der Waals surface area contributed by atoms with E-state index in [0.29, 0.717) is 23.2 Å². The number of nitrogens with zero attached hydrogens (tertiary/aromatic N) is 2. The number of hydrogen-bond donors (Lipinski definition) is 1. The molecule has 2 aliphatic rings. The molecule has 0 aliphatic carbocycles. The summed E-state index contributed by atoms with van der Waals surface area (Å²) in [4.78, 5) is 17.3. The van der Waals surface area contributed by atoms with Gasteiger partial charge in [0.15, 0.2) is 11.5 Å². The molecule has 1 spiro atoms. The number of piperidine rings is 1. The van der Waals surface area contributed by atoms with Crippen LogP contribution in [-0.4, -0.2) is 40.1 Å². The number of anilines is 1. The van der Waals surface area contributed by atoms with Crippen LogP contribution in [-0.2, 0) is 11.3 Å². The number of likely N-dealkylation sites (tertiary alicyclic amines) is 1. The second kappa shape index (κ2) is 8.71. The molecule has 0 unspecified atom stereocenters. The van der Waals surface area contributed by atoms with E-state index in [1.165, 1.54) is 0 Å². The summed E-state index contributed by atoms with van der Waals surface area (Å²) >= 11 is 6.07. The van der Waals surface area contributed by atoms with Crippen molar-refractivity contribution < 1.29 is 14.6 Å². The molecule has 2 saturated heterocycles. The summed E-state index contributed by atoms with van der Waals surface area (Å²) in [6.45, 7) is 7.86. The van der Waals surface area contributed by atoms with Crippen LogP contribution in [0.4, 0.5) is 5.69 Å². The van der Waals surface area contributed by atoms with Crippen molar-refractivity contribution in [1.82, 2.24) is 4.90 Å². The summed E-state index contributed by atoms with van der Waals surface area (Å²) in [6, 6.07) is 13.6. The van der Waals surface area contributed by atoms with E-state index in [9.17, 15) is 9.90 Å². The van der Waals surface area contributed by atoms with Gasteiger partial charge in [0.1, 0.15) is 0 Å².